The van der Waals surface area contributed by atoms with Crippen LogP contribution >= 0.6 is 11.8 Å². The van der Waals surface area contributed by atoms with Gasteiger partial charge in [0.05, 0.1) is 25.0 Å². The highest BCUT2D eigenvalue weighted by molar-refractivity contribution is 7.98. The van der Waals surface area contributed by atoms with E-state index in [9.17, 15) is 4.79 Å². The first-order chi connectivity index (χ1) is 17.2. The molecule has 0 radical (unpaired) electrons. The van der Waals surface area contributed by atoms with Gasteiger partial charge in [-0.2, -0.15) is 4.68 Å². The van der Waals surface area contributed by atoms with E-state index < -0.39 is 0 Å². The van der Waals surface area contributed by atoms with Crippen molar-refractivity contribution in [3.63, 3.8) is 0 Å². The van der Waals surface area contributed by atoms with Gasteiger partial charge in [-0.25, -0.2) is 0 Å². The van der Waals surface area contributed by atoms with Crippen LogP contribution in [0.1, 0.15) is 6.92 Å². The van der Waals surface area contributed by atoms with Crippen LogP contribution in [0.5, 0.6) is 11.5 Å². The molecule has 35 heavy (non-hydrogen) atoms. The lowest BCUT2D eigenvalue weighted by Crippen LogP contribution is -2.23. The number of benzene rings is 3. The van der Waals surface area contributed by atoms with E-state index in [2.05, 4.69) is 20.5 Å². The molecular weight excluding hydrogens is 464 g/mol. The van der Waals surface area contributed by atoms with Crippen LogP contribution < -0.4 is 15.0 Å². The Hall–Kier alpha value is -4.18. The van der Waals surface area contributed by atoms with Crippen molar-refractivity contribution in [3.05, 3.63) is 83.2 Å². The van der Waals surface area contributed by atoms with Crippen LogP contribution in [0.3, 0.4) is 0 Å². The number of hydrogen-bond acceptors (Lipinski definition) is 8. The summed E-state index contributed by atoms with van der Waals surface area (Å²) >= 11 is 1.34. The maximum atomic E-state index is 12.9. The zero-order valence-electron chi connectivity index (χ0n) is 19.2. The Morgan fingerprint density at radius 2 is 1.74 bits per heavy atom. The van der Waals surface area contributed by atoms with Crippen LogP contribution in [-0.2, 0) is 5.88 Å². The SMILES string of the molecule is CCOc1ccc(-n2c(SCn3nnc4ccccc4c3=O)nnc2-c2cccc(OC)c2)cc1. The number of fused-ring (bicyclic) bond motifs is 1. The van der Waals surface area contributed by atoms with Gasteiger partial charge in [0, 0.05) is 11.3 Å². The molecule has 0 saturated carbocycles. The summed E-state index contributed by atoms with van der Waals surface area (Å²) in [5.74, 6) is 2.37. The molecular formula is C25H22N6O3S. The Morgan fingerprint density at radius 1 is 0.914 bits per heavy atom. The molecule has 0 unspecified atom stereocenters. The van der Waals surface area contributed by atoms with Gasteiger partial charge in [-0.05, 0) is 55.5 Å². The van der Waals surface area contributed by atoms with E-state index >= 15 is 0 Å². The third kappa shape index (κ3) is 4.60. The van der Waals surface area contributed by atoms with Gasteiger partial charge in [0.1, 0.15) is 17.0 Å². The summed E-state index contributed by atoms with van der Waals surface area (Å²) in [6.07, 6.45) is 0. The van der Waals surface area contributed by atoms with Crippen molar-refractivity contribution in [1.29, 1.82) is 0 Å². The molecule has 0 N–H and O–H groups in total. The summed E-state index contributed by atoms with van der Waals surface area (Å²) < 4.78 is 14.3. The van der Waals surface area contributed by atoms with Gasteiger partial charge in [-0.15, -0.1) is 15.3 Å². The number of aromatic nitrogens is 6. The first-order valence-corrected chi connectivity index (χ1v) is 11.9. The highest BCUT2D eigenvalue weighted by atomic mass is 32.2. The van der Waals surface area contributed by atoms with Gasteiger partial charge in [0.2, 0.25) is 0 Å². The summed E-state index contributed by atoms with van der Waals surface area (Å²) in [4.78, 5) is 12.9. The maximum Gasteiger partial charge on any atom is 0.278 e. The standard InChI is InChI=1S/C25H22N6O3S/c1-3-34-19-13-11-18(12-14-19)31-23(17-7-6-8-20(15-17)33-2)27-28-25(31)35-16-30-24(32)21-9-4-5-10-22(21)26-29-30/h4-15H,3,16H2,1-2H3. The number of thioether (sulfide) groups is 1. The second-order valence-electron chi connectivity index (χ2n) is 7.49. The summed E-state index contributed by atoms with van der Waals surface area (Å²) in [5.41, 5.74) is 2.07. The van der Waals surface area contributed by atoms with Crippen LogP contribution in [0.4, 0.5) is 0 Å². The molecule has 0 bridgehead atoms. The van der Waals surface area contributed by atoms with E-state index in [1.165, 1.54) is 16.4 Å². The molecule has 0 aliphatic heterocycles. The molecule has 9 nitrogen and oxygen atoms in total. The fraction of sp³-hybridized carbons (Fsp3) is 0.160. The minimum atomic E-state index is -0.205. The summed E-state index contributed by atoms with van der Waals surface area (Å²) in [6, 6.07) is 22.5. The first kappa shape index (κ1) is 22.6. The third-order valence-corrected chi connectivity index (χ3v) is 6.21. The van der Waals surface area contributed by atoms with Crippen molar-refractivity contribution in [2.75, 3.05) is 13.7 Å². The average molecular weight is 487 g/mol. The molecule has 0 saturated heterocycles. The smallest absolute Gasteiger partial charge is 0.278 e. The van der Waals surface area contributed by atoms with Crippen molar-refractivity contribution in [2.45, 2.75) is 18.0 Å². The quantitative estimate of drug-likeness (QED) is 0.301. The maximum absolute atomic E-state index is 12.9. The van der Waals surface area contributed by atoms with Crippen molar-refractivity contribution in [1.82, 2.24) is 29.8 Å². The molecule has 0 amide bonds. The van der Waals surface area contributed by atoms with E-state index in [-0.39, 0.29) is 11.4 Å². The molecule has 0 fully saturated rings. The monoisotopic (exact) mass is 486 g/mol. The third-order valence-electron chi connectivity index (χ3n) is 5.31. The largest absolute Gasteiger partial charge is 0.497 e. The zero-order chi connectivity index (χ0) is 24.2. The minimum absolute atomic E-state index is 0.205. The average Bonchev–Trinajstić information content (AvgIpc) is 3.33. The Bertz CT molecular complexity index is 1530. The van der Waals surface area contributed by atoms with Gasteiger partial charge in [-0.1, -0.05) is 41.2 Å². The van der Waals surface area contributed by atoms with Gasteiger partial charge >= 0.3 is 0 Å². The van der Waals surface area contributed by atoms with Crippen LogP contribution in [0.15, 0.2) is 82.7 Å². The molecule has 3 aromatic carbocycles. The Kier molecular flexibility index (Phi) is 6.44. The highest BCUT2D eigenvalue weighted by Gasteiger charge is 2.18. The summed E-state index contributed by atoms with van der Waals surface area (Å²) in [5, 5.41) is 18.3. The lowest BCUT2D eigenvalue weighted by molar-refractivity contribution is 0.340. The van der Waals surface area contributed by atoms with E-state index in [4.69, 9.17) is 9.47 Å². The van der Waals surface area contributed by atoms with Crippen molar-refractivity contribution in [2.24, 2.45) is 0 Å². The predicted octanol–water partition coefficient (Wildman–Crippen LogP) is 4.20. The molecule has 5 aromatic rings. The number of hydrogen-bond donors (Lipinski definition) is 0. The van der Waals surface area contributed by atoms with Crippen molar-refractivity contribution >= 4 is 22.7 Å². The topological polar surface area (TPSA) is 97.0 Å². The number of methoxy groups -OCH3 is 1. The van der Waals surface area contributed by atoms with Crippen LogP contribution in [-0.4, -0.2) is 43.5 Å². The van der Waals surface area contributed by atoms with Crippen molar-refractivity contribution in [3.8, 4) is 28.6 Å². The van der Waals surface area contributed by atoms with E-state index in [0.717, 1.165) is 22.7 Å². The van der Waals surface area contributed by atoms with E-state index in [0.29, 0.717) is 28.5 Å². The van der Waals surface area contributed by atoms with E-state index in [1.54, 1.807) is 19.2 Å². The number of ether oxygens (including phenoxy) is 2. The molecule has 10 heteroatoms. The molecule has 5 rings (SSSR count). The minimum Gasteiger partial charge on any atom is -0.497 e. The van der Waals surface area contributed by atoms with Gasteiger partial charge in [-0.3, -0.25) is 9.36 Å². The van der Waals surface area contributed by atoms with Gasteiger partial charge < -0.3 is 9.47 Å². The molecule has 0 spiro atoms. The summed E-state index contributed by atoms with van der Waals surface area (Å²) in [6.45, 7) is 2.53. The lowest BCUT2D eigenvalue weighted by Gasteiger charge is -2.12. The Morgan fingerprint density at radius 3 is 2.54 bits per heavy atom. The van der Waals surface area contributed by atoms with E-state index in [1.807, 2.05) is 72.2 Å². The molecule has 176 valence electrons. The predicted molar refractivity (Wildman–Crippen MR) is 134 cm³/mol. The van der Waals surface area contributed by atoms with Crippen LogP contribution in [0.2, 0.25) is 0 Å². The second kappa shape index (κ2) is 9.98. The van der Waals surface area contributed by atoms with Gasteiger partial charge in [0.25, 0.3) is 5.56 Å². The highest BCUT2D eigenvalue weighted by Crippen LogP contribution is 2.30. The lowest BCUT2D eigenvalue weighted by atomic mass is 10.2. The zero-order valence-corrected chi connectivity index (χ0v) is 20.0. The molecule has 0 atom stereocenters. The number of rotatable bonds is 8. The second-order valence-corrected chi connectivity index (χ2v) is 8.40. The Balaban J connectivity index is 1.53. The molecule has 0 aliphatic carbocycles. The van der Waals surface area contributed by atoms with Crippen molar-refractivity contribution < 1.29 is 9.47 Å². The molecule has 0 aliphatic rings. The normalized spacial score (nSPS) is 11.0. The Labute approximate surface area is 205 Å². The summed E-state index contributed by atoms with van der Waals surface area (Å²) in [7, 11) is 1.62. The first-order valence-electron chi connectivity index (χ1n) is 11.0. The fourth-order valence-corrected chi connectivity index (χ4v) is 4.46. The van der Waals surface area contributed by atoms with Crippen LogP contribution in [0, 0.1) is 0 Å². The number of nitrogens with zero attached hydrogens (tertiary/aromatic N) is 6. The van der Waals surface area contributed by atoms with Gasteiger partial charge in [0.15, 0.2) is 11.0 Å². The molecule has 2 heterocycles. The fourth-order valence-electron chi connectivity index (χ4n) is 3.63. The van der Waals surface area contributed by atoms with Crippen LogP contribution in [0.25, 0.3) is 28.0 Å². The molecule has 2 aromatic heterocycles.